The van der Waals surface area contributed by atoms with E-state index in [0.717, 1.165) is 25.4 Å². The van der Waals surface area contributed by atoms with E-state index in [-0.39, 0.29) is 0 Å². The van der Waals surface area contributed by atoms with Crippen LogP contribution in [0, 0.1) is 0 Å². The van der Waals surface area contributed by atoms with E-state index in [2.05, 4.69) is 22.2 Å². The van der Waals surface area contributed by atoms with Gasteiger partial charge in [0.1, 0.15) is 0 Å². The summed E-state index contributed by atoms with van der Waals surface area (Å²) in [6.07, 6.45) is 3.79. The van der Waals surface area contributed by atoms with Crippen LogP contribution in [-0.4, -0.2) is 6.61 Å². The molecule has 0 saturated heterocycles. The third kappa shape index (κ3) is 5.50. The van der Waals surface area contributed by atoms with Crippen LogP contribution in [0.1, 0.15) is 19.8 Å². The molecule has 0 saturated carbocycles. The van der Waals surface area contributed by atoms with E-state index in [0.29, 0.717) is 6.61 Å². The largest absolute Gasteiger partial charge is 0.586 e. The zero-order valence-electron chi connectivity index (χ0n) is 7.77. The maximum Gasteiger partial charge on any atom is 0.586 e. The van der Waals surface area contributed by atoms with Crippen molar-refractivity contribution < 1.29 is 18.1 Å². The van der Waals surface area contributed by atoms with Crippen LogP contribution in [-0.2, 0) is 18.1 Å². The fraction of sp³-hybridized carbons (Fsp3) is 0.500. The summed E-state index contributed by atoms with van der Waals surface area (Å²) in [5.41, 5.74) is 0. The molecule has 0 aromatic heterocycles. The third-order valence-electron chi connectivity index (χ3n) is 1.15. The highest BCUT2D eigenvalue weighted by molar-refractivity contribution is 7.48. The molecule has 0 aliphatic heterocycles. The molecule has 4 nitrogen and oxygen atoms in total. The monoisotopic (exact) mass is 206 g/mol. The normalized spacial score (nSPS) is 10.5. The Balaban J connectivity index is 3.98. The van der Waals surface area contributed by atoms with Crippen molar-refractivity contribution in [2.45, 2.75) is 19.8 Å². The van der Waals surface area contributed by atoms with Crippen molar-refractivity contribution in [3.8, 4) is 0 Å². The lowest BCUT2D eigenvalue weighted by atomic mass is 10.4. The van der Waals surface area contributed by atoms with Crippen LogP contribution in [0.4, 0.5) is 0 Å². The van der Waals surface area contributed by atoms with E-state index < -0.39 is 7.82 Å². The van der Waals surface area contributed by atoms with Gasteiger partial charge in [0.15, 0.2) is 0 Å². The second-order valence-corrected chi connectivity index (χ2v) is 3.75. The number of hydrogen-bond donors (Lipinski definition) is 0. The summed E-state index contributed by atoms with van der Waals surface area (Å²) in [4.78, 5) is 0. The van der Waals surface area contributed by atoms with Crippen molar-refractivity contribution in [3.05, 3.63) is 25.7 Å². The Kier molecular flexibility index (Phi) is 6.37. The van der Waals surface area contributed by atoms with Crippen LogP contribution in [0.25, 0.3) is 0 Å². The summed E-state index contributed by atoms with van der Waals surface area (Å²) >= 11 is 0. The first kappa shape index (κ1) is 12.3. The summed E-state index contributed by atoms with van der Waals surface area (Å²) in [6, 6.07) is 0. The lowest BCUT2D eigenvalue weighted by molar-refractivity contribution is 0.177. The molecular weight excluding hydrogens is 191 g/mol. The van der Waals surface area contributed by atoms with Crippen LogP contribution in [0.3, 0.4) is 0 Å². The van der Waals surface area contributed by atoms with Gasteiger partial charge in [0.05, 0.1) is 19.1 Å². The predicted octanol–water partition coefficient (Wildman–Crippen LogP) is 3.23. The summed E-state index contributed by atoms with van der Waals surface area (Å²) in [5, 5.41) is 0. The first-order valence-corrected chi connectivity index (χ1v) is 5.47. The van der Waals surface area contributed by atoms with E-state index >= 15 is 0 Å². The maximum absolute atomic E-state index is 11.5. The summed E-state index contributed by atoms with van der Waals surface area (Å²) < 4.78 is 25.6. The zero-order chi connectivity index (χ0) is 10.2. The molecule has 0 aromatic rings. The van der Waals surface area contributed by atoms with Crippen LogP contribution in [0.5, 0.6) is 0 Å². The van der Waals surface area contributed by atoms with E-state index in [1.54, 1.807) is 0 Å². The van der Waals surface area contributed by atoms with Crippen molar-refractivity contribution in [2.24, 2.45) is 0 Å². The minimum absolute atomic E-state index is 0.329. The minimum atomic E-state index is -3.49. The fourth-order valence-electron chi connectivity index (χ4n) is 0.589. The molecule has 13 heavy (non-hydrogen) atoms. The Morgan fingerprint density at radius 2 is 1.85 bits per heavy atom. The summed E-state index contributed by atoms with van der Waals surface area (Å²) in [5.74, 6) is 0. The van der Waals surface area contributed by atoms with E-state index in [4.69, 9.17) is 4.52 Å². The maximum atomic E-state index is 11.5. The molecule has 0 spiro atoms. The smallest absolute Gasteiger partial charge is 0.404 e. The molecule has 0 N–H and O–H groups in total. The number of hydrogen-bond acceptors (Lipinski definition) is 4. The molecular formula is C8H15O4P. The SMILES string of the molecule is C=COP(=O)(OC=C)OCCCC. The molecule has 0 rings (SSSR count). The number of phosphoric ester groups is 1. The van der Waals surface area contributed by atoms with Gasteiger partial charge in [-0.2, -0.15) is 0 Å². The molecule has 0 unspecified atom stereocenters. The summed E-state index contributed by atoms with van der Waals surface area (Å²) in [6.45, 7) is 8.86. The van der Waals surface area contributed by atoms with Crippen LogP contribution in [0.2, 0.25) is 0 Å². The van der Waals surface area contributed by atoms with Gasteiger partial charge in [-0.1, -0.05) is 26.5 Å². The second-order valence-electron chi connectivity index (χ2n) is 2.18. The van der Waals surface area contributed by atoms with Gasteiger partial charge >= 0.3 is 7.82 Å². The van der Waals surface area contributed by atoms with Crippen molar-refractivity contribution in [1.82, 2.24) is 0 Å². The molecule has 0 atom stereocenters. The van der Waals surface area contributed by atoms with Gasteiger partial charge in [0.25, 0.3) is 0 Å². The Morgan fingerprint density at radius 3 is 2.23 bits per heavy atom. The Labute approximate surface area is 78.8 Å². The van der Waals surface area contributed by atoms with Gasteiger partial charge < -0.3 is 9.05 Å². The van der Waals surface area contributed by atoms with Crippen molar-refractivity contribution in [3.63, 3.8) is 0 Å². The topological polar surface area (TPSA) is 44.8 Å². The molecule has 5 heteroatoms. The minimum Gasteiger partial charge on any atom is -0.404 e. The zero-order valence-corrected chi connectivity index (χ0v) is 8.66. The molecule has 0 aliphatic rings. The number of unbranched alkanes of at least 4 members (excludes halogenated alkanes) is 1. The Hall–Kier alpha value is -0.730. The van der Waals surface area contributed by atoms with Gasteiger partial charge in [-0.3, -0.25) is 4.52 Å². The Morgan fingerprint density at radius 1 is 1.31 bits per heavy atom. The molecule has 0 fully saturated rings. The molecule has 76 valence electrons. The summed E-state index contributed by atoms with van der Waals surface area (Å²) in [7, 11) is -3.49. The number of phosphoric acid groups is 1. The predicted molar refractivity (Wildman–Crippen MR) is 51.0 cm³/mol. The average molecular weight is 206 g/mol. The van der Waals surface area contributed by atoms with E-state index in [1.165, 1.54) is 0 Å². The van der Waals surface area contributed by atoms with Gasteiger partial charge in [0, 0.05) is 0 Å². The van der Waals surface area contributed by atoms with E-state index in [1.807, 2.05) is 6.92 Å². The lowest BCUT2D eigenvalue weighted by Crippen LogP contribution is -1.95. The first-order chi connectivity index (χ1) is 6.18. The number of rotatable bonds is 8. The van der Waals surface area contributed by atoms with Crippen LogP contribution < -0.4 is 0 Å². The van der Waals surface area contributed by atoms with Gasteiger partial charge in [-0.25, -0.2) is 4.57 Å². The highest BCUT2D eigenvalue weighted by Gasteiger charge is 2.26. The lowest BCUT2D eigenvalue weighted by Gasteiger charge is -2.13. The fourth-order valence-corrected chi connectivity index (χ4v) is 1.48. The van der Waals surface area contributed by atoms with Crippen molar-refractivity contribution in [1.29, 1.82) is 0 Å². The van der Waals surface area contributed by atoms with E-state index in [9.17, 15) is 4.57 Å². The van der Waals surface area contributed by atoms with Gasteiger partial charge in [-0.05, 0) is 6.42 Å². The molecule has 0 bridgehead atoms. The van der Waals surface area contributed by atoms with Crippen molar-refractivity contribution in [2.75, 3.05) is 6.61 Å². The molecule has 0 aliphatic carbocycles. The highest BCUT2D eigenvalue weighted by atomic mass is 31.2. The van der Waals surface area contributed by atoms with Gasteiger partial charge in [-0.15, -0.1) is 0 Å². The van der Waals surface area contributed by atoms with Crippen LogP contribution >= 0.6 is 7.82 Å². The molecule has 0 radical (unpaired) electrons. The molecule has 0 aromatic carbocycles. The first-order valence-electron chi connectivity index (χ1n) is 4.01. The highest BCUT2D eigenvalue weighted by Crippen LogP contribution is 2.49. The molecule has 0 heterocycles. The Bertz CT molecular complexity index is 188. The van der Waals surface area contributed by atoms with Crippen LogP contribution in [0.15, 0.2) is 25.7 Å². The molecule has 0 amide bonds. The van der Waals surface area contributed by atoms with Gasteiger partial charge in [0.2, 0.25) is 0 Å². The second kappa shape index (κ2) is 6.75. The standard InChI is InChI=1S/C8H15O4P/c1-4-7-8-12-13(9,10-5-2)11-6-3/h5-6H,2-4,7-8H2,1H3. The average Bonchev–Trinajstić information content (AvgIpc) is 2.05. The van der Waals surface area contributed by atoms with Crippen molar-refractivity contribution >= 4 is 7.82 Å². The third-order valence-corrected chi connectivity index (χ3v) is 2.47. The quantitative estimate of drug-likeness (QED) is 0.347.